The van der Waals surface area contributed by atoms with Crippen LogP contribution in [-0.4, -0.2) is 83.5 Å². The first-order chi connectivity index (χ1) is 16.5. The zero-order chi connectivity index (χ0) is 23.3. The number of anilines is 1. The summed E-state index contributed by atoms with van der Waals surface area (Å²) in [6.45, 7) is 3.15. The molecule has 0 radical (unpaired) electrons. The molecule has 0 aliphatic carbocycles. The third kappa shape index (κ3) is 3.75. The van der Waals surface area contributed by atoms with Gasteiger partial charge < -0.3 is 14.7 Å². The van der Waals surface area contributed by atoms with Gasteiger partial charge in [-0.05, 0) is 25.0 Å². The van der Waals surface area contributed by atoms with Crippen LogP contribution in [0.3, 0.4) is 0 Å². The van der Waals surface area contributed by atoms with E-state index in [0.29, 0.717) is 63.6 Å². The molecule has 0 atom stereocenters. The fraction of sp³-hybridized carbons (Fsp3) is 0.409. The average Bonchev–Trinajstić information content (AvgIpc) is 3.51. The highest BCUT2D eigenvalue weighted by Gasteiger charge is 2.31. The van der Waals surface area contributed by atoms with E-state index in [0.717, 1.165) is 27.0 Å². The number of aromatic nitrogens is 4. The van der Waals surface area contributed by atoms with Crippen LogP contribution in [0.15, 0.2) is 34.7 Å². The molecular weight excluding hydrogens is 476 g/mol. The Kier molecular flexibility index (Phi) is 5.49. The molecule has 34 heavy (non-hydrogen) atoms. The van der Waals surface area contributed by atoms with E-state index in [1.54, 1.807) is 12.3 Å². The van der Waals surface area contributed by atoms with Gasteiger partial charge in [-0.15, -0.1) is 11.3 Å². The molecule has 2 saturated heterocycles. The first kappa shape index (κ1) is 21.9. The third-order valence-corrected chi connectivity index (χ3v) is 9.85. The Morgan fingerprint density at radius 1 is 1.12 bits per heavy atom. The fourth-order valence-corrected chi connectivity index (χ4v) is 7.54. The SMILES string of the molecule is O=S(=O)(c1cc2nc(-c3cccc4[nH]ncc34)nc(N3CCOCC3)c2s1)N1CCC(O)CC1. The first-order valence-corrected chi connectivity index (χ1v) is 13.5. The number of aliphatic hydroxyl groups is 1. The van der Waals surface area contributed by atoms with Gasteiger partial charge in [-0.2, -0.15) is 9.40 Å². The second kappa shape index (κ2) is 8.54. The highest BCUT2D eigenvalue weighted by molar-refractivity contribution is 7.91. The molecule has 2 aliphatic heterocycles. The van der Waals surface area contributed by atoms with E-state index in [1.165, 1.54) is 15.6 Å². The molecular formula is C22H24N6O4S2. The quantitative estimate of drug-likeness (QED) is 0.437. The maximum absolute atomic E-state index is 13.4. The standard InChI is InChI=1S/C22H24N6O4S2/c29-14-4-6-28(7-5-14)34(30,31)19-12-18-20(33-19)22(27-8-10-32-11-9-27)25-21(24-18)15-2-1-3-17-16(15)13-23-26-17/h1-3,12-14,29H,4-11H2,(H,23,26). The number of benzene rings is 1. The van der Waals surface area contributed by atoms with Crippen molar-refractivity contribution in [2.75, 3.05) is 44.3 Å². The third-order valence-electron chi connectivity index (χ3n) is 6.39. The number of aliphatic hydroxyl groups excluding tert-OH is 1. The molecule has 4 aromatic rings. The van der Waals surface area contributed by atoms with Gasteiger partial charge in [0.1, 0.15) is 4.21 Å². The van der Waals surface area contributed by atoms with E-state index >= 15 is 0 Å². The number of nitrogens with zero attached hydrogens (tertiary/aromatic N) is 5. The molecule has 5 heterocycles. The Labute approximate surface area is 200 Å². The van der Waals surface area contributed by atoms with Crippen molar-refractivity contribution in [3.05, 3.63) is 30.5 Å². The van der Waals surface area contributed by atoms with Crippen LogP contribution in [0, 0.1) is 0 Å². The molecule has 0 amide bonds. The average molecular weight is 501 g/mol. The van der Waals surface area contributed by atoms with Crippen molar-refractivity contribution in [2.45, 2.75) is 23.2 Å². The van der Waals surface area contributed by atoms with Gasteiger partial charge in [0.25, 0.3) is 10.0 Å². The Morgan fingerprint density at radius 3 is 2.71 bits per heavy atom. The lowest BCUT2D eigenvalue weighted by Gasteiger charge is -2.28. The summed E-state index contributed by atoms with van der Waals surface area (Å²) in [5.74, 6) is 1.26. The molecule has 0 unspecified atom stereocenters. The van der Waals surface area contributed by atoms with Crippen LogP contribution in [0.5, 0.6) is 0 Å². The van der Waals surface area contributed by atoms with E-state index in [1.807, 2.05) is 18.2 Å². The van der Waals surface area contributed by atoms with Gasteiger partial charge in [-0.25, -0.2) is 18.4 Å². The summed E-state index contributed by atoms with van der Waals surface area (Å²) in [5, 5.41) is 17.8. The topological polar surface area (TPSA) is 125 Å². The number of H-pyrrole nitrogens is 1. The first-order valence-electron chi connectivity index (χ1n) is 11.3. The second-order valence-corrected chi connectivity index (χ2v) is 11.7. The highest BCUT2D eigenvalue weighted by Crippen LogP contribution is 2.38. The van der Waals surface area contributed by atoms with Crippen molar-refractivity contribution < 1.29 is 18.3 Å². The molecule has 2 aliphatic rings. The zero-order valence-corrected chi connectivity index (χ0v) is 20.0. The van der Waals surface area contributed by atoms with Crippen LogP contribution in [0.25, 0.3) is 32.5 Å². The Morgan fingerprint density at radius 2 is 1.91 bits per heavy atom. The number of hydrogen-bond acceptors (Lipinski definition) is 9. The van der Waals surface area contributed by atoms with Crippen LogP contribution in [-0.2, 0) is 14.8 Å². The van der Waals surface area contributed by atoms with Crippen molar-refractivity contribution in [2.24, 2.45) is 0 Å². The van der Waals surface area contributed by atoms with E-state index in [4.69, 9.17) is 14.7 Å². The zero-order valence-electron chi connectivity index (χ0n) is 18.3. The summed E-state index contributed by atoms with van der Waals surface area (Å²) < 4.78 is 34.8. The lowest BCUT2D eigenvalue weighted by Crippen LogP contribution is -2.39. The molecule has 1 aromatic carbocycles. The van der Waals surface area contributed by atoms with Gasteiger partial charge >= 0.3 is 0 Å². The Hall–Kier alpha value is -2.64. The Bertz CT molecular complexity index is 1450. The lowest BCUT2D eigenvalue weighted by molar-refractivity contribution is 0.113. The number of aromatic amines is 1. The maximum atomic E-state index is 13.4. The van der Waals surface area contributed by atoms with E-state index in [9.17, 15) is 13.5 Å². The van der Waals surface area contributed by atoms with E-state index in [2.05, 4.69) is 15.1 Å². The second-order valence-electron chi connectivity index (χ2n) is 8.52. The normalized spacial score (nSPS) is 18.8. The number of ether oxygens (including phenoxy) is 1. The van der Waals surface area contributed by atoms with Gasteiger partial charge in [0.15, 0.2) is 11.6 Å². The minimum absolute atomic E-state index is 0.251. The number of thiophene rings is 1. The lowest BCUT2D eigenvalue weighted by atomic mass is 10.1. The van der Waals surface area contributed by atoms with Crippen LogP contribution >= 0.6 is 11.3 Å². The highest BCUT2D eigenvalue weighted by atomic mass is 32.2. The summed E-state index contributed by atoms with van der Waals surface area (Å²) in [6.07, 6.45) is 2.20. The summed E-state index contributed by atoms with van der Waals surface area (Å²) >= 11 is 1.21. The van der Waals surface area contributed by atoms with Crippen molar-refractivity contribution in [3.63, 3.8) is 0 Å². The van der Waals surface area contributed by atoms with Crippen molar-refractivity contribution in [3.8, 4) is 11.4 Å². The van der Waals surface area contributed by atoms with Gasteiger partial charge in [-0.1, -0.05) is 12.1 Å². The molecule has 3 aromatic heterocycles. The van der Waals surface area contributed by atoms with Crippen LogP contribution in [0.2, 0.25) is 0 Å². The van der Waals surface area contributed by atoms with Crippen LogP contribution in [0.1, 0.15) is 12.8 Å². The van der Waals surface area contributed by atoms with Crippen LogP contribution < -0.4 is 4.90 Å². The fourth-order valence-electron chi connectivity index (χ4n) is 4.50. The molecule has 2 fully saturated rings. The number of morpholine rings is 1. The summed E-state index contributed by atoms with van der Waals surface area (Å²) in [7, 11) is -3.68. The summed E-state index contributed by atoms with van der Waals surface area (Å²) in [6, 6.07) is 7.47. The predicted octanol–water partition coefficient (Wildman–Crippen LogP) is 2.22. The van der Waals surface area contributed by atoms with Gasteiger partial charge in [-0.3, -0.25) is 5.10 Å². The van der Waals surface area contributed by atoms with Crippen molar-refractivity contribution in [1.82, 2.24) is 24.5 Å². The van der Waals surface area contributed by atoms with Crippen LogP contribution in [0.4, 0.5) is 5.82 Å². The van der Waals surface area contributed by atoms with Gasteiger partial charge in [0.2, 0.25) is 0 Å². The van der Waals surface area contributed by atoms with E-state index in [-0.39, 0.29) is 4.21 Å². The molecule has 0 bridgehead atoms. The maximum Gasteiger partial charge on any atom is 0.252 e. The minimum Gasteiger partial charge on any atom is -0.393 e. The number of hydrogen-bond donors (Lipinski definition) is 2. The van der Waals surface area contributed by atoms with Crippen molar-refractivity contribution >= 4 is 48.3 Å². The van der Waals surface area contributed by atoms with Crippen molar-refractivity contribution in [1.29, 1.82) is 0 Å². The molecule has 0 saturated carbocycles. The van der Waals surface area contributed by atoms with Gasteiger partial charge in [0, 0.05) is 37.1 Å². The molecule has 12 heteroatoms. The van der Waals surface area contributed by atoms with E-state index < -0.39 is 16.1 Å². The van der Waals surface area contributed by atoms with Gasteiger partial charge in [0.05, 0.1) is 41.2 Å². The monoisotopic (exact) mass is 500 g/mol. The number of piperidine rings is 1. The summed E-state index contributed by atoms with van der Waals surface area (Å²) in [4.78, 5) is 11.9. The molecule has 6 rings (SSSR count). The number of nitrogens with one attached hydrogen (secondary N) is 1. The molecule has 178 valence electrons. The minimum atomic E-state index is -3.68. The predicted molar refractivity (Wildman–Crippen MR) is 130 cm³/mol. The number of rotatable bonds is 4. The Balaban J connectivity index is 1.50. The molecule has 2 N–H and O–H groups in total. The number of fused-ring (bicyclic) bond motifs is 2. The smallest absolute Gasteiger partial charge is 0.252 e. The summed E-state index contributed by atoms with van der Waals surface area (Å²) in [5.41, 5.74) is 2.32. The molecule has 0 spiro atoms. The number of sulfonamides is 1. The largest absolute Gasteiger partial charge is 0.393 e. The molecule has 10 nitrogen and oxygen atoms in total.